The molecule has 2 aliphatic carbocycles. The highest BCUT2D eigenvalue weighted by Gasteiger charge is 2.36. The van der Waals surface area contributed by atoms with Gasteiger partial charge >= 0.3 is 0 Å². The zero-order chi connectivity index (χ0) is 16.7. The van der Waals surface area contributed by atoms with Crippen LogP contribution in [0.25, 0.3) is 0 Å². The molecular formula is C18H21N3O3. The quantitative estimate of drug-likeness (QED) is 0.816. The van der Waals surface area contributed by atoms with Gasteiger partial charge in [0, 0.05) is 24.6 Å². The number of hydrazine groups is 1. The lowest BCUT2D eigenvalue weighted by Gasteiger charge is -2.18. The molecule has 126 valence electrons. The Bertz CT molecular complexity index is 711. The molecule has 24 heavy (non-hydrogen) atoms. The third-order valence-electron chi connectivity index (χ3n) is 5.15. The number of fused-ring (bicyclic) bond motifs is 1. The first-order chi connectivity index (χ1) is 11.6. The second-order valence-corrected chi connectivity index (χ2v) is 6.96. The normalized spacial score (nSPS) is 22.4. The highest BCUT2D eigenvalue weighted by atomic mass is 16.2. The van der Waals surface area contributed by atoms with Crippen molar-refractivity contribution in [3.05, 3.63) is 29.3 Å². The number of aryl methyl sites for hydroxylation is 2. The molecule has 0 radical (unpaired) electrons. The smallest absolute Gasteiger partial charge is 0.243 e. The molecule has 2 N–H and O–H groups in total. The summed E-state index contributed by atoms with van der Waals surface area (Å²) < 4.78 is 0. The van der Waals surface area contributed by atoms with Crippen molar-refractivity contribution < 1.29 is 14.4 Å². The molecule has 0 spiro atoms. The largest absolute Gasteiger partial charge is 0.312 e. The van der Waals surface area contributed by atoms with E-state index in [1.165, 1.54) is 17.5 Å². The first-order valence-corrected chi connectivity index (χ1v) is 8.63. The first-order valence-electron chi connectivity index (χ1n) is 8.63. The fourth-order valence-electron chi connectivity index (χ4n) is 3.53. The van der Waals surface area contributed by atoms with Gasteiger partial charge in [-0.15, -0.1) is 0 Å². The molecule has 0 bridgehead atoms. The van der Waals surface area contributed by atoms with Gasteiger partial charge in [0.15, 0.2) is 0 Å². The Labute approximate surface area is 140 Å². The van der Waals surface area contributed by atoms with Gasteiger partial charge in [-0.3, -0.25) is 25.2 Å². The summed E-state index contributed by atoms with van der Waals surface area (Å²) in [5, 5.41) is 0. The summed E-state index contributed by atoms with van der Waals surface area (Å²) in [7, 11) is 0. The van der Waals surface area contributed by atoms with Crippen LogP contribution in [-0.4, -0.2) is 24.3 Å². The number of carbonyl (C=O) groups is 3. The molecule has 2 fully saturated rings. The Morgan fingerprint density at radius 2 is 1.71 bits per heavy atom. The standard InChI is InChI=1S/C18H21N3O3/c22-16-9-14(18(24)20-19-17(23)12-4-5-12)10-21(16)15-7-6-11-2-1-3-13(11)8-15/h6-8,12,14H,1-5,9-10H2,(H,19,23)(H,20,24)/t14-/m1/s1. The van der Waals surface area contributed by atoms with E-state index in [1.807, 2.05) is 6.07 Å². The molecule has 0 unspecified atom stereocenters. The lowest BCUT2D eigenvalue weighted by Crippen LogP contribution is -2.45. The van der Waals surface area contributed by atoms with E-state index in [2.05, 4.69) is 23.0 Å². The molecule has 1 saturated heterocycles. The number of nitrogens with one attached hydrogen (secondary N) is 2. The van der Waals surface area contributed by atoms with Crippen LogP contribution in [0, 0.1) is 11.8 Å². The zero-order valence-electron chi connectivity index (χ0n) is 13.5. The van der Waals surface area contributed by atoms with Crippen LogP contribution in [-0.2, 0) is 27.2 Å². The van der Waals surface area contributed by atoms with E-state index >= 15 is 0 Å². The number of carbonyl (C=O) groups excluding carboxylic acids is 3. The van der Waals surface area contributed by atoms with Crippen molar-refractivity contribution in [3.8, 4) is 0 Å². The van der Waals surface area contributed by atoms with Crippen LogP contribution in [0.3, 0.4) is 0 Å². The molecule has 6 heteroatoms. The van der Waals surface area contributed by atoms with Gasteiger partial charge in [0.2, 0.25) is 17.7 Å². The van der Waals surface area contributed by atoms with Crippen LogP contribution in [0.1, 0.15) is 36.8 Å². The Hall–Kier alpha value is -2.37. The van der Waals surface area contributed by atoms with E-state index in [1.54, 1.807) is 4.90 Å². The fourth-order valence-corrected chi connectivity index (χ4v) is 3.53. The Kier molecular flexibility index (Phi) is 3.75. The maximum absolute atomic E-state index is 12.3. The number of nitrogens with zero attached hydrogens (tertiary/aromatic N) is 1. The van der Waals surface area contributed by atoms with E-state index < -0.39 is 5.92 Å². The van der Waals surface area contributed by atoms with Gasteiger partial charge in [0.1, 0.15) is 0 Å². The molecule has 4 rings (SSSR count). The average Bonchev–Trinajstić information content (AvgIpc) is 3.20. The number of hydrogen-bond acceptors (Lipinski definition) is 3. The summed E-state index contributed by atoms with van der Waals surface area (Å²) in [6, 6.07) is 6.14. The zero-order valence-corrected chi connectivity index (χ0v) is 13.5. The number of hydrogen-bond donors (Lipinski definition) is 2. The van der Waals surface area contributed by atoms with Gasteiger partial charge in [0.25, 0.3) is 0 Å². The van der Waals surface area contributed by atoms with Crippen molar-refractivity contribution in [2.24, 2.45) is 11.8 Å². The van der Waals surface area contributed by atoms with Crippen molar-refractivity contribution in [2.45, 2.75) is 38.5 Å². The summed E-state index contributed by atoms with van der Waals surface area (Å²) in [6.45, 7) is 0.364. The molecular weight excluding hydrogens is 306 g/mol. The monoisotopic (exact) mass is 327 g/mol. The summed E-state index contributed by atoms with van der Waals surface area (Å²) in [5.74, 6) is -0.852. The minimum absolute atomic E-state index is 0.0402. The third kappa shape index (κ3) is 2.88. The molecule has 0 aromatic heterocycles. The van der Waals surface area contributed by atoms with Crippen LogP contribution < -0.4 is 15.8 Å². The molecule has 1 heterocycles. The molecule has 1 aliphatic heterocycles. The van der Waals surface area contributed by atoms with Crippen LogP contribution in [0.15, 0.2) is 18.2 Å². The van der Waals surface area contributed by atoms with Gasteiger partial charge in [-0.25, -0.2) is 0 Å². The van der Waals surface area contributed by atoms with Crippen molar-refractivity contribution in [2.75, 3.05) is 11.4 Å². The molecule has 6 nitrogen and oxygen atoms in total. The van der Waals surface area contributed by atoms with E-state index in [-0.39, 0.29) is 30.1 Å². The lowest BCUT2D eigenvalue weighted by molar-refractivity contribution is -0.131. The molecule has 1 atom stereocenters. The van der Waals surface area contributed by atoms with Gasteiger partial charge in [-0.1, -0.05) is 6.07 Å². The summed E-state index contributed by atoms with van der Waals surface area (Å²) in [6.07, 6.45) is 5.28. The second kappa shape index (κ2) is 5.92. The SMILES string of the molecule is O=C(NNC(=O)[C@@H]1CC(=O)N(c2ccc3c(c2)CCC3)C1)C1CC1. The highest BCUT2D eigenvalue weighted by molar-refractivity contribution is 6.00. The molecule has 3 amide bonds. The Balaban J connectivity index is 1.39. The van der Waals surface area contributed by atoms with Gasteiger partial charge < -0.3 is 4.90 Å². The van der Waals surface area contributed by atoms with Gasteiger partial charge in [-0.05, 0) is 55.4 Å². The van der Waals surface area contributed by atoms with E-state index in [0.29, 0.717) is 6.54 Å². The van der Waals surface area contributed by atoms with Crippen LogP contribution in [0.2, 0.25) is 0 Å². The van der Waals surface area contributed by atoms with E-state index in [4.69, 9.17) is 0 Å². The number of benzene rings is 1. The van der Waals surface area contributed by atoms with Crippen LogP contribution in [0.5, 0.6) is 0 Å². The van der Waals surface area contributed by atoms with Crippen molar-refractivity contribution >= 4 is 23.4 Å². The molecule has 1 saturated carbocycles. The number of rotatable bonds is 3. The average molecular weight is 327 g/mol. The fraction of sp³-hybridized carbons (Fsp3) is 0.500. The molecule has 1 aromatic carbocycles. The van der Waals surface area contributed by atoms with Crippen LogP contribution in [0.4, 0.5) is 5.69 Å². The maximum Gasteiger partial charge on any atom is 0.243 e. The van der Waals surface area contributed by atoms with Gasteiger partial charge in [0.05, 0.1) is 5.92 Å². The van der Waals surface area contributed by atoms with Crippen LogP contribution >= 0.6 is 0 Å². The Morgan fingerprint density at radius 3 is 2.46 bits per heavy atom. The first kappa shape index (κ1) is 15.2. The minimum atomic E-state index is -0.426. The van der Waals surface area contributed by atoms with Crippen molar-refractivity contribution in [1.82, 2.24) is 10.9 Å². The summed E-state index contributed by atoms with van der Waals surface area (Å²) in [5.41, 5.74) is 8.47. The molecule has 1 aromatic rings. The second-order valence-electron chi connectivity index (χ2n) is 6.96. The van der Waals surface area contributed by atoms with Gasteiger partial charge in [-0.2, -0.15) is 0 Å². The predicted molar refractivity (Wildman–Crippen MR) is 87.9 cm³/mol. The Morgan fingerprint density at radius 1 is 1.00 bits per heavy atom. The minimum Gasteiger partial charge on any atom is -0.312 e. The predicted octanol–water partition coefficient (Wildman–Crippen LogP) is 1.09. The molecule has 3 aliphatic rings. The van der Waals surface area contributed by atoms with Crippen molar-refractivity contribution in [3.63, 3.8) is 0 Å². The summed E-state index contributed by atoms with van der Waals surface area (Å²) >= 11 is 0. The highest BCUT2D eigenvalue weighted by Crippen LogP contribution is 2.31. The summed E-state index contributed by atoms with van der Waals surface area (Å²) in [4.78, 5) is 37.8. The number of anilines is 1. The third-order valence-corrected chi connectivity index (χ3v) is 5.15. The topological polar surface area (TPSA) is 78.5 Å². The maximum atomic E-state index is 12.3. The number of amides is 3. The van der Waals surface area contributed by atoms with Crippen molar-refractivity contribution in [1.29, 1.82) is 0 Å². The lowest BCUT2D eigenvalue weighted by atomic mass is 10.1. The van der Waals surface area contributed by atoms with E-state index in [0.717, 1.165) is 31.4 Å². The van der Waals surface area contributed by atoms with E-state index in [9.17, 15) is 14.4 Å².